The number of hydrogen-bond donors (Lipinski definition) is 2. The van der Waals surface area contributed by atoms with Crippen molar-refractivity contribution in [3.05, 3.63) is 78.1 Å². The highest BCUT2D eigenvalue weighted by atomic mass is 19.4. The van der Waals surface area contributed by atoms with E-state index in [1.807, 2.05) is 0 Å². The number of benzene rings is 1. The van der Waals surface area contributed by atoms with E-state index in [-0.39, 0.29) is 28.9 Å². The van der Waals surface area contributed by atoms with Crippen LogP contribution in [-0.4, -0.2) is 50.5 Å². The number of primary amides is 1. The molecule has 1 aliphatic heterocycles. The zero-order valence-electron chi connectivity index (χ0n) is 19.5. The van der Waals surface area contributed by atoms with Crippen LogP contribution in [0.2, 0.25) is 0 Å². The van der Waals surface area contributed by atoms with Crippen LogP contribution in [0, 0.1) is 0 Å². The standard InChI is InChI=1S/C25H23F3N6O3/c1-2-21(35)33-11-3-4-18(13-33)34-14-19(23(29)36)22(32-34)15-5-7-16(8-6-15)24(37)31-20-12-17(9-10-30-20)25(26,27)28/h2,5-10,12,14,18H,1,3-4,11,13H2,(H2,29,36)(H,30,31,37). The minimum Gasteiger partial charge on any atom is -0.365 e. The Morgan fingerprint density at radius 2 is 1.89 bits per heavy atom. The first-order valence-corrected chi connectivity index (χ1v) is 11.3. The minimum atomic E-state index is -4.57. The Morgan fingerprint density at radius 1 is 1.16 bits per heavy atom. The molecule has 3 N–H and O–H groups in total. The lowest BCUT2D eigenvalue weighted by atomic mass is 10.1. The van der Waals surface area contributed by atoms with E-state index in [4.69, 9.17) is 5.73 Å². The van der Waals surface area contributed by atoms with Gasteiger partial charge in [-0.15, -0.1) is 0 Å². The third-order valence-electron chi connectivity index (χ3n) is 6.00. The van der Waals surface area contributed by atoms with Gasteiger partial charge in [-0.3, -0.25) is 19.1 Å². The van der Waals surface area contributed by atoms with Crippen LogP contribution >= 0.6 is 0 Å². The molecule has 1 fully saturated rings. The van der Waals surface area contributed by atoms with Crippen molar-refractivity contribution < 1.29 is 27.6 Å². The normalized spacial score (nSPS) is 15.8. The Morgan fingerprint density at radius 3 is 2.54 bits per heavy atom. The summed E-state index contributed by atoms with van der Waals surface area (Å²) in [6, 6.07) is 7.41. The van der Waals surface area contributed by atoms with Gasteiger partial charge in [-0.2, -0.15) is 18.3 Å². The fraction of sp³-hybridized carbons (Fsp3) is 0.240. The number of piperidine rings is 1. The molecule has 4 rings (SSSR count). The fourth-order valence-electron chi connectivity index (χ4n) is 4.12. The number of pyridine rings is 1. The molecule has 1 atom stereocenters. The minimum absolute atomic E-state index is 0.158. The molecule has 3 aromatic rings. The summed E-state index contributed by atoms with van der Waals surface area (Å²) < 4.78 is 40.4. The first-order valence-electron chi connectivity index (χ1n) is 11.3. The van der Waals surface area contributed by atoms with Crippen LogP contribution in [0.4, 0.5) is 19.0 Å². The average Bonchev–Trinajstić information content (AvgIpc) is 3.34. The van der Waals surface area contributed by atoms with Gasteiger partial charge in [0.2, 0.25) is 5.91 Å². The molecule has 0 aliphatic carbocycles. The van der Waals surface area contributed by atoms with Crippen LogP contribution in [-0.2, 0) is 11.0 Å². The summed E-state index contributed by atoms with van der Waals surface area (Å²) in [6.45, 7) is 4.54. The Balaban J connectivity index is 1.54. The molecule has 0 radical (unpaired) electrons. The largest absolute Gasteiger partial charge is 0.416 e. The van der Waals surface area contributed by atoms with Gasteiger partial charge in [0.25, 0.3) is 11.8 Å². The molecule has 0 spiro atoms. The van der Waals surface area contributed by atoms with Crippen molar-refractivity contribution in [2.75, 3.05) is 18.4 Å². The van der Waals surface area contributed by atoms with Crippen molar-refractivity contribution in [1.82, 2.24) is 19.7 Å². The molecule has 0 saturated carbocycles. The monoisotopic (exact) mass is 512 g/mol. The molecule has 3 amide bonds. The van der Waals surface area contributed by atoms with Crippen molar-refractivity contribution in [3.8, 4) is 11.3 Å². The predicted molar refractivity (Wildman–Crippen MR) is 128 cm³/mol. The quantitative estimate of drug-likeness (QED) is 0.488. The number of nitrogens with two attached hydrogens (primary N) is 1. The zero-order valence-corrected chi connectivity index (χ0v) is 19.5. The summed E-state index contributed by atoms with van der Waals surface area (Å²) in [7, 11) is 0. The summed E-state index contributed by atoms with van der Waals surface area (Å²) in [4.78, 5) is 42.1. The van der Waals surface area contributed by atoms with E-state index < -0.39 is 23.6 Å². The van der Waals surface area contributed by atoms with E-state index in [1.54, 1.807) is 27.9 Å². The predicted octanol–water partition coefficient (Wildman–Crippen LogP) is 3.66. The summed E-state index contributed by atoms with van der Waals surface area (Å²) in [5.41, 5.74) is 5.81. The third-order valence-corrected chi connectivity index (χ3v) is 6.00. The van der Waals surface area contributed by atoms with Crippen LogP contribution in [0.1, 0.15) is 45.2 Å². The second kappa shape index (κ2) is 10.2. The topological polar surface area (TPSA) is 123 Å². The van der Waals surface area contributed by atoms with E-state index in [0.29, 0.717) is 24.3 Å². The molecular weight excluding hydrogens is 489 g/mol. The smallest absolute Gasteiger partial charge is 0.365 e. The molecule has 1 saturated heterocycles. The van der Waals surface area contributed by atoms with E-state index in [0.717, 1.165) is 31.2 Å². The van der Waals surface area contributed by atoms with Crippen molar-refractivity contribution in [1.29, 1.82) is 0 Å². The maximum absolute atomic E-state index is 12.9. The van der Waals surface area contributed by atoms with Crippen LogP contribution < -0.4 is 11.1 Å². The second-order valence-corrected chi connectivity index (χ2v) is 8.48. The molecule has 12 heteroatoms. The van der Waals surface area contributed by atoms with Gasteiger partial charge in [-0.25, -0.2) is 4.98 Å². The number of carbonyl (C=O) groups excluding carboxylic acids is 3. The van der Waals surface area contributed by atoms with Crippen LogP contribution in [0.5, 0.6) is 0 Å². The Kier molecular flexibility index (Phi) is 7.09. The number of nitrogens with one attached hydrogen (secondary N) is 1. The van der Waals surface area contributed by atoms with E-state index in [9.17, 15) is 27.6 Å². The second-order valence-electron chi connectivity index (χ2n) is 8.48. The number of hydrogen-bond acceptors (Lipinski definition) is 5. The van der Waals surface area contributed by atoms with Gasteiger partial charge in [0.05, 0.1) is 17.2 Å². The van der Waals surface area contributed by atoms with Crippen molar-refractivity contribution in [2.24, 2.45) is 5.73 Å². The molecule has 192 valence electrons. The fourth-order valence-corrected chi connectivity index (χ4v) is 4.12. The average molecular weight is 512 g/mol. The highest BCUT2D eigenvalue weighted by molar-refractivity contribution is 6.04. The highest BCUT2D eigenvalue weighted by Gasteiger charge is 2.31. The van der Waals surface area contributed by atoms with Gasteiger partial charge in [0.15, 0.2) is 0 Å². The number of likely N-dealkylation sites (tertiary alicyclic amines) is 1. The lowest BCUT2D eigenvalue weighted by molar-refractivity contribution is -0.137. The number of aromatic nitrogens is 3. The lowest BCUT2D eigenvalue weighted by Crippen LogP contribution is -2.40. The van der Waals surface area contributed by atoms with Crippen LogP contribution in [0.15, 0.2) is 61.4 Å². The third kappa shape index (κ3) is 5.68. The number of anilines is 1. The number of carbonyl (C=O) groups is 3. The Hall–Kier alpha value is -4.48. The first-order chi connectivity index (χ1) is 17.6. The maximum Gasteiger partial charge on any atom is 0.416 e. The number of amides is 3. The van der Waals surface area contributed by atoms with Gasteiger partial charge in [0, 0.05) is 36.6 Å². The highest BCUT2D eigenvalue weighted by Crippen LogP contribution is 2.30. The zero-order chi connectivity index (χ0) is 26.7. The first kappa shape index (κ1) is 25.6. The number of rotatable bonds is 6. The molecule has 3 heterocycles. The van der Waals surface area contributed by atoms with Crippen molar-refractivity contribution >= 4 is 23.5 Å². The van der Waals surface area contributed by atoms with E-state index in [2.05, 4.69) is 22.0 Å². The van der Waals surface area contributed by atoms with Gasteiger partial charge in [-0.1, -0.05) is 18.7 Å². The summed E-state index contributed by atoms with van der Waals surface area (Å²) in [5.74, 6) is -1.77. The van der Waals surface area contributed by atoms with Crippen molar-refractivity contribution in [3.63, 3.8) is 0 Å². The molecule has 37 heavy (non-hydrogen) atoms. The van der Waals surface area contributed by atoms with E-state index >= 15 is 0 Å². The van der Waals surface area contributed by atoms with Gasteiger partial charge >= 0.3 is 6.18 Å². The number of halogens is 3. The molecule has 2 aromatic heterocycles. The summed E-state index contributed by atoms with van der Waals surface area (Å²) >= 11 is 0. The van der Waals surface area contributed by atoms with Crippen LogP contribution in [0.3, 0.4) is 0 Å². The van der Waals surface area contributed by atoms with Gasteiger partial charge in [0.1, 0.15) is 11.5 Å². The van der Waals surface area contributed by atoms with Gasteiger partial charge < -0.3 is 16.0 Å². The van der Waals surface area contributed by atoms with E-state index in [1.165, 1.54) is 18.2 Å². The number of alkyl halides is 3. The van der Waals surface area contributed by atoms with Crippen molar-refractivity contribution in [2.45, 2.75) is 25.1 Å². The Labute approximate surface area is 209 Å². The summed E-state index contributed by atoms with van der Waals surface area (Å²) in [5, 5.41) is 6.90. The molecule has 1 unspecified atom stereocenters. The molecule has 9 nitrogen and oxygen atoms in total. The molecule has 0 bridgehead atoms. The molecule has 1 aromatic carbocycles. The maximum atomic E-state index is 12.9. The molecule has 1 aliphatic rings. The Bertz CT molecular complexity index is 1350. The number of nitrogens with zero attached hydrogens (tertiary/aromatic N) is 4. The van der Waals surface area contributed by atoms with Crippen LogP contribution in [0.25, 0.3) is 11.3 Å². The SMILES string of the molecule is C=CC(=O)N1CCCC(n2cc(C(N)=O)c(-c3ccc(C(=O)Nc4cc(C(F)(F)F)ccn4)cc3)n2)C1. The summed E-state index contributed by atoms with van der Waals surface area (Å²) in [6.07, 6.45) is 0.709. The van der Waals surface area contributed by atoms with Gasteiger partial charge in [-0.05, 0) is 43.2 Å². The lowest BCUT2D eigenvalue weighted by Gasteiger charge is -2.32. The molecular formula is C25H23F3N6O3.